The minimum atomic E-state index is -3.44. The molecule has 5 nitrogen and oxygen atoms in total. The number of anilines is 1. The van der Waals surface area contributed by atoms with Crippen LogP contribution in [0.2, 0.25) is 0 Å². The molecule has 2 rings (SSSR count). The van der Waals surface area contributed by atoms with Crippen LogP contribution in [0.25, 0.3) is 6.08 Å². The summed E-state index contributed by atoms with van der Waals surface area (Å²) >= 11 is 0. The zero-order valence-corrected chi connectivity index (χ0v) is 12.5. The van der Waals surface area contributed by atoms with Crippen LogP contribution in [0.3, 0.4) is 0 Å². The molecular weight excluding hydrogens is 275 g/mol. The Morgan fingerprint density at radius 2 is 1.95 bits per heavy atom. The predicted octanol–water partition coefficient (Wildman–Crippen LogP) is 3.59. The maximum Gasteiger partial charge on any atom is 0.435 e. The smallest absolute Gasteiger partial charge is 0.292 e. The highest BCUT2D eigenvalue weighted by Gasteiger charge is 2.36. The van der Waals surface area contributed by atoms with Gasteiger partial charge in [-0.1, -0.05) is 18.2 Å². The molecule has 1 aliphatic heterocycles. The van der Waals surface area contributed by atoms with Crippen molar-refractivity contribution in [3.05, 3.63) is 35.4 Å². The number of nitrogens with zero attached hydrogens (tertiary/aromatic N) is 2. The van der Waals surface area contributed by atoms with Crippen molar-refractivity contribution in [2.45, 2.75) is 13.8 Å². The van der Waals surface area contributed by atoms with Crippen molar-refractivity contribution in [1.82, 2.24) is 0 Å². The highest BCUT2D eigenvalue weighted by atomic mass is 31.2. The second kappa shape index (κ2) is 6.23. The van der Waals surface area contributed by atoms with Crippen molar-refractivity contribution >= 4 is 19.5 Å². The molecule has 0 amide bonds. The summed E-state index contributed by atoms with van der Waals surface area (Å²) in [4.78, 5) is 0. The molecule has 0 bridgehead atoms. The highest BCUT2D eigenvalue weighted by molar-refractivity contribution is 7.55. The molecule has 0 N–H and O–H groups in total. The molecular formula is C14H17N2O3P. The van der Waals surface area contributed by atoms with Crippen LogP contribution >= 0.6 is 7.75 Å². The Hall–Kier alpha value is -1.60. The minimum Gasteiger partial charge on any atom is -0.292 e. The maximum absolute atomic E-state index is 12.9. The van der Waals surface area contributed by atoms with Crippen molar-refractivity contribution in [2.75, 3.05) is 24.4 Å². The van der Waals surface area contributed by atoms with Gasteiger partial charge in [0.15, 0.2) is 0 Å². The van der Waals surface area contributed by atoms with E-state index in [-0.39, 0.29) is 19.8 Å². The van der Waals surface area contributed by atoms with Gasteiger partial charge in [0.25, 0.3) is 0 Å². The van der Waals surface area contributed by atoms with E-state index >= 15 is 0 Å². The third kappa shape index (κ3) is 2.78. The van der Waals surface area contributed by atoms with E-state index in [0.717, 1.165) is 11.3 Å². The lowest BCUT2D eigenvalue weighted by atomic mass is 10.1. The number of hydrogen-bond donors (Lipinski definition) is 0. The molecule has 0 atom stereocenters. The monoisotopic (exact) mass is 292 g/mol. The number of hydrogen-bond acceptors (Lipinski definition) is 4. The van der Waals surface area contributed by atoms with Gasteiger partial charge in [0.05, 0.1) is 37.1 Å². The van der Waals surface area contributed by atoms with Gasteiger partial charge < -0.3 is 0 Å². The number of para-hydroxylation sites is 1. The molecule has 0 spiro atoms. The van der Waals surface area contributed by atoms with E-state index < -0.39 is 7.75 Å². The van der Waals surface area contributed by atoms with Crippen LogP contribution in [0.1, 0.15) is 19.4 Å². The van der Waals surface area contributed by atoms with Gasteiger partial charge in [-0.3, -0.25) is 13.7 Å². The summed E-state index contributed by atoms with van der Waals surface area (Å²) in [7, 11) is -3.44. The van der Waals surface area contributed by atoms with Crippen molar-refractivity contribution in [2.24, 2.45) is 0 Å². The largest absolute Gasteiger partial charge is 0.435 e. The molecule has 0 aliphatic carbocycles. The molecule has 0 aromatic heterocycles. The Morgan fingerprint density at radius 1 is 1.30 bits per heavy atom. The highest BCUT2D eigenvalue weighted by Crippen LogP contribution is 2.56. The Morgan fingerprint density at radius 3 is 2.55 bits per heavy atom. The molecule has 1 heterocycles. The van der Waals surface area contributed by atoms with Crippen molar-refractivity contribution in [3.8, 4) is 6.07 Å². The van der Waals surface area contributed by atoms with Crippen LogP contribution in [-0.4, -0.2) is 19.8 Å². The van der Waals surface area contributed by atoms with E-state index in [0.29, 0.717) is 5.57 Å². The SMILES string of the molecule is CCOP(=O)(OCC)N1CC(C#N)=Cc2ccccc21. The number of rotatable bonds is 5. The number of nitriles is 1. The molecule has 0 saturated heterocycles. The molecule has 1 aromatic rings. The van der Waals surface area contributed by atoms with Gasteiger partial charge in [-0.25, -0.2) is 4.57 Å². The van der Waals surface area contributed by atoms with E-state index in [4.69, 9.17) is 14.3 Å². The summed E-state index contributed by atoms with van der Waals surface area (Å²) in [6, 6.07) is 9.58. The van der Waals surface area contributed by atoms with E-state index in [1.165, 1.54) is 0 Å². The zero-order chi connectivity index (χ0) is 14.6. The van der Waals surface area contributed by atoms with Gasteiger partial charge in [0.1, 0.15) is 0 Å². The molecule has 106 valence electrons. The molecule has 6 heteroatoms. The summed E-state index contributed by atoms with van der Waals surface area (Å²) in [6.45, 7) is 4.32. The summed E-state index contributed by atoms with van der Waals surface area (Å²) in [5, 5.41) is 9.14. The van der Waals surface area contributed by atoms with Gasteiger partial charge >= 0.3 is 7.75 Å². The average molecular weight is 292 g/mol. The quantitative estimate of drug-likeness (QED) is 0.776. The Balaban J connectivity index is 2.49. The lowest BCUT2D eigenvalue weighted by Crippen LogP contribution is -2.27. The van der Waals surface area contributed by atoms with Crippen LogP contribution in [0.5, 0.6) is 0 Å². The summed E-state index contributed by atoms with van der Waals surface area (Å²) in [6.07, 6.45) is 1.80. The van der Waals surface area contributed by atoms with Crippen LogP contribution in [0.4, 0.5) is 5.69 Å². The van der Waals surface area contributed by atoms with E-state index in [9.17, 15) is 4.57 Å². The molecule has 1 aromatic carbocycles. The van der Waals surface area contributed by atoms with Crippen molar-refractivity contribution in [3.63, 3.8) is 0 Å². The second-order valence-electron chi connectivity index (χ2n) is 4.20. The first kappa shape index (κ1) is 14.8. The van der Waals surface area contributed by atoms with E-state index in [1.807, 2.05) is 24.3 Å². The summed E-state index contributed by atoms with van der Waals surface area (Å²) in [5.74, 6) is 0. The first-order valence-electron chi connectivity index (χ1n) is 6.51. The zero-order valence-electron chi connectivity index (χ0n) is 11.6. The van der Waals surface area contributed by atoms with Crippen LogP contribution in [-0.2, 0) is 13.6 Å². The topological polar surface area (TPSA) is 62.6 Å². The first-order valence-corrected chi connectivity index (χ1v) is 8.01. The predicted molar refractivity (Wildman–Crippen MR) is 78.2 cm³/mol. The van der Waals surface area contributed by atoms with Crippen LogP contribution in [0.15, 0.2) is 29.8 Å². The summed E-state index contributed by atoms with van der Waals surface area (Å²) in [5.41, 5.74) is 2.13. The molecule has 0 unspecified atom stereocenters. The van der Waals surface area contributed by atoms with Crippen LogP contribution < -0.4 is 4.67 Å². The van der Waals surface area contributed by atoms with Crippen molar-refractivity contribution < 1.29 is 13.6 Å². The standard InChI is InChI=1S/C14H17N2O3P/c1-3-18-20(17,19-4-2)16-11-12(10-15)9-13-7-5-6-8-14(13)16/h5-9H,3-4,11H2,1-2H3. The van der Waals surface area contributed by atoms with E-state index in [2.05, 4.69) is 6.07 Å². The molecule has 1 aliphatic rings. The average Bonchev–Trinajstić information content (AvgIpc) is 2.46. The molecule has 0 fully saturated rings. The molecule has 20 heavy (non-hydrogen) atoms. The lowest BCUT2D eigenvalue weighted by Gasteiger charge is -2.34. The van der Waals surface area contributed by atoms with Gasteiger partial charge in [-0.05, 0) is 31.6 Å². The van der Waals surface area contributed by atoms with Crippen molar-refractivity contribution in [1.29, 1.82) is 5.26 Å². The fourth-order valence-electron chi connectivity index (χ4n) is 2.11. The number of benzene rings is 1. The fourth-order valence-corrected chi connectivity index (χ4v) is 3.89. The summed E-state index contributed by atoms with van der Waals surface area (Å²) < 4.78 is 25.3. The fraction of sp³-hybridized carbons (Fsp3) is 0.357. The third-order valence-electron chi connectivity index (χ3n) is 2.89. The van der Waals surface area contributed by atoms with Gasteiger partial charge in [0, 0.05) is 0 Å². The Bertz CT molecular complexity index is 597. The number of fused-ring (bicyclic) bond motifs is 1. The molecule has 0 saturated carbocycles. The van der Waals surface area contributed by atoms with Crippen LogP contribution in [0, 0.1) is 11.3 Å². The Kier molecular flexibility index (Phi) is 4.61. The van der Waals surface area contributed by atoms with Gasteiger partial charge in [-0.2, -0.15) is 5.26 Å². The Labute approximate surface area is 119 Å². The second-order valence-corrected chi connectivity index (χ2v) is 6.14. The normalized spacial score (nSPS) is 14.4. The molecule has 0 radical (unpaired) electrons. The lowest BCUT2D eigenvalue weighted by molar-refractivity contribution is 0.218. The van der Waals surface area contributed by atoms with E-state index in [1.54, 1.807) is 24.6 Å². The minimum absolute atomic E-state index is 0.227. The van der Waals surface area contributed by atoms with Gasteiger partial charge in [-0.15, -0.1) is 0 Å². The third-order valence-corrected chi connectivity index (χ3v) is 5.01. The maximum atomic E-state index is 12.9. The first-order chi connectivity index (χ1) is 9.64. The van der Waals surface area contributed by atoms with Gasteiger partial charge in [0.2, 0.25) is 0 Å².